The highest BCUT2D eigenvalue weighted by Gasteiger charge is 2.48. The van der Waals surface area contributed by atoms with Crippen LogP contribution in [0.5, 0.6) is 11.9 Å². The van der Waals surface area contributed by atoms with E-state index in [1.165, 1.54) is 6.07 Å². The smallest absolute Gasteiger partial charge is 0.319 e. The van der Waals surface area contributed by atoms with Crippen molar-refractivity contribution < 1.29 is 18.3 Å². The van der Waals surface area contributed by atoms with Gasteiger partial charge in [-0.1, -0.05) is 54.5 Å². The Labute approximate surface area is 271 Å². The number of aromatic nitrogens is 3. The molecule has 4 aromatic rings. The minimum atomic E-state index is -0.668. The summed E-state index contributed by atoms with van der Waals surface area (Å²) in [6.45, 7) is 11.5. The topological polar surface area (TPSA) is 75.6 Å². The van der Waals surface area contributed by atoms with Crippen LogP contribution in [0.15, 0.2) is 54.6 Å². The Hall–Kier alpha value is -4.59. The monoisotopic (exact) mass is 632 g/mol. The highest BCUT2D eigenvalue weighted by molar-refractivity contribution is 6.03. The number of nitrogens with one attached hydrogen (secondary N) is 1. The second-order valence-corrected chi connectivity index (χ2v) is 13.7. The van der Waals surface area contributed by atoms with E-state index in [0.29, 0.717) is 46.8 Å². The van der Waals surface area contributed by atoms with Crippen LogP contribution in [0.25, 0.3) is 32.9 Å². The number of halogens is 2. The molecule has 0 amide bonds. The lowest BCUT2D eigenvalue weighted by molar-refractivity contribution is 0.108. The molecule has 0 aliphatic carbocycles. The lowest BCUT2D eigenvalue weighted by Crippen LogP contribution is -2.59. The van der Waals surface area contributed by atoms with Crippen molar-refractivity contribution in [2.45, 2.75) is 55.8 Å². The number of pyridine rings is 1. The van der Waals surface area contributed by atoms with Crippen molar-refractivity contribution in [3.05, 3.63) is 71.8 Å². The second kappa shape index (κ2) is 10.5. The van der Waals surface area contributed by atoms with Crippen LogP contribution in [0, 0.1) is 24.0 Å². The molecule has 1 N–H and O–H groups in total. The van der Waals surface area contributed by atoms with E-state index < -0.39 is 11.6 Å². The molecule has 7 heterocycles. The van der Waals surface area contributed by atoms with Gasteiger partial charge in [0, 0.05) is 55.1 Å². The summed E-state index contributed by atoms with van der Waals surface area (Å²) >= 11 is 0. The zero-order chi connectivity index (χ0) is 32.0. The normalized spacial score (nSPS) is 24.5. The average molecular weight is 633 g/mol. The number of hydrogen-bond acceptors (Lipinski definition) is 8. The lowest BCUT2D eigenvalue weighted by Gasteiger charge is -2.43. The maximum absolute atomic E-state index is 17.1. The maximum atomic E-state index is 17.1. The molecule has 3 atom stereocenters. The van der Waals surface area contributed by atoms with Gasteiger partial charge in [-0.25, -0.2) is 13.8 Å². The van der Waals surface area contributed by atoms with E-state index in [1.54, 1.807) is 18.2 Å². The number of piperazine rings is 1. The van der Waals surface area contributed by atoms with Crippen LogP contribution >= 0.6 is 0 Å². The van der Waals surface area contributed by atoms with Crippen LogP contribution in [0.3, 0.4) is 0 Å². The first-order chi connectivity index (χ1) is 22.8. The fourth-order valence-electron chi connectivity index (χ4n) is 8.77. The van der Waals surface area contributed by atoms with Crippen molar-refractivity contribution in [2.75, 3.05) is 37.7 Å². The Bertz CT molecular complexity index is 2050. The van der Waals surface area contributed by atoms with Gasteiger partial charge < -0.3 is 19.7 Å². The van der Waals surface area contributed by atoms with Crippen molar-refractivity contribution >= 4 is 27.5 Å². The lowest BCUT2D eigenvalue weighted by atomic mass is 9.92. The maximum Gasteiger partial charge on any atom is 0.319 e. The Kier molecular flexibility index (Phi) is 6.37. The number of fused-ring (bicyclic) bond motifs is 7. The first kappa shape index (κ1) is 28.6. The Morgan fingerprint density at radius 3 is 2.68 bits per heavy atom. The minimum Gasteiger partial charge on any atom is -0.477 e. The molecule has 238 valence electrons. The molecule has 4 fully saturated rings. The van der Waals surface area contributed by atoms with E-state index in [2.05, 4.69) is 34.2 Å². The molecule has 0 saturated carbocycles. The molecule has 0 spiro atoms. The molecule has 2 aromatic carbocycles. The van der Waals surface area contributed by atoms with Gasteiger partial charge in [-0.15, -0.1) is 6.42 Å². The summed E-state index contributed by atoms with van der Waals surface area (Å²) in [7, 11) is 0. The third kappa shape index (κ3) is 4.36. The van der Waals surface area contributed by atoms with Crippen molar-refractivity contribution in [1.82, 2.24) is 25.2 Å². The third-order valence-electron chi connectivity index (χ3n) is 10.7. The standard InChI is InChI=1S/C37H34F2N6O2/c1-4-24-26(38)10-8-22-6-5-7-25(29(22)24)32-31(39)33-30-34(45-18-23-9-11-27(40-23)28(45)12-13-46-35(30)41-32)43-36(42-33)47-19-37-14-20(2)16-44(37)17-21(3)15-37/h1,5-8,10,23,27-28,40H,2-3,9,11-19H2/t23-,27+,28-/m1/s1. The Morgan fingerprint density at radius 1 is 1.04 bits per heavy atom. The van der Waals surface area contributed by atoms with Crippen LogP contribution in [-0.2, 0) is 0 Å². The molecule has 0 radical (unpaired) electrons. The van der Waals surface area contributed by atoms with E-state index in [-0.39, 0.29) is 46.3 Å². The summed E-state index contributed by atoms with van der Waals surface area (Å²) in [5.41, 5.74) is 2.48. The fourth-order valence-corrected chi connectivity index (χ4v) is 8.77. The summed E-state index contributed by atoms with van der Waals surface area (Å²) in [6, 6.07) is 9.04. The molecule has 10 heteroatoms. The summed E-state index contributed by atoms with van der Waals surface area (Å²) in [5, 5.41) is 5.24. The zero-order valence-electron chi connectivity index (χ0n) is 26.0. The van der Waals surface area contributed by atoms with Crippen LogP contribution in [0.4, 0.5) is 14.6 Å². The number of rotatable bonds is 4. The second-order valence-electron chi connectivity index (χ2n) is 13.7. The molecular formula is C37H34F2N6O2. The molecule has 0 unspecified atom stereocenters. The highest BCUT2D eigenvalue weighted by atomic mass is 19.1. The molecule has 47 heavy (non-hydrogen) atoms. The number of benzene rings is 2. The number of terminal acetylenes is 1. The van der Waals surface area contributed by atoms with Gasteiger partial charge in [0.15, 0.2) is 5.82 Å². The number of ether oxygens (including phenoxy) is 2. The fraction of sp³-hybridized carbons (Fsp3) is 0.378. The van der Waals surface area contributed by atoms with Crippen LogP contribution < -0.4 is 19.7 Å². The van der Waals surface area contributed by atoms with Crippen molar-refractivity contribution in [3.8, 4) is 35.5 Å². The van der Waals surface area contributed by atoms with Crippen LogP contribution in [0.2, 0.25) is 0 Å². The van der Waals surface area contributed by atoms with E-state index in [0.717, 1.165) is 62.9 Å². The Morgan fingerprint density at radius 2 is 1.87 bits per heavy atom. The van der Waals surface area contributed by atoms with Gasteiger partial charge in [-0.3, -0.25) is 4.90 Å². The van der Waals surface area contributed by atoms with Gasteiger partial charge >= 0.3 is 6.01 Å². The SMILES string of the molecule is C#Cc1c(F)ccc2cccc(-c3nc4c5c(nc(OCC67CC(=C)CN6CC(=C)C7)nc5c3F)N3C[C@H]5CC[C@H](N5)[C@H]3CCO4)c12. The van der Waals surface area contributed by atoms with Crippen LogP contribution in [0.1, 0.15) is 37.7 Å². The predicted octanol–water partition coefficient (Wildman–Crippen LogP) is 5.54. The minimum absolute atomic E-state index is 0.0164. The van der Waals surface area contributed by atoms with Crippen LogP contribution in [-0.4, -0.2) is 76.4 Å². The number of nitrogens with zero attached hydrogens (tertiary/aromatic N) is 5. The largest absolute Gasteiger partial charge is 0.477 e. The molecule has 9 rings (SSSR count). The molecule has 5 aliphatic rings. The van der Waals surface area contributed by atoms with Gasteiger partial charge in [0.2, 0.25) is 5.88 Å². The molecule has 8 nitrogen and oxygen atoms in total. The third-order valence-corrected chi connectivity index (χ3v) is 10.7. The summed E-state index contributed by atoms with van der Waals surface area (Å²) in [4.78, 5) is 19.1. The van der Waals surface area contributed by atoms with Crippen molar-refractivity contribution in [2.24, 2.45) is 0 Å². The summed E-state index contributed by atoms with van der Waals surface area (Å²) < 4.78 is 44.9. The van der Waals surface area contributed by atoms with E-state index in [4.69, 9.17) is 30.8 Å². The van der Waals surface area contributed by atoms with E-state index in [1.807, 2.05) is 6.07 Å². The molecule has 4 saturated heterocycles. The zero-order valence-corrected chi connectivity index (χ0v) is 26.0. The summed E-state index contributed by atoms with van der Waals surface area (Å²) in [6.07, 6.45) is 10.2. The highest BCUT2D eigenvalue weighted by Crippen LogP contribution is 2.45. The average Bonchev–Trinajstić information content (AvgIpc) is 3.69. The number of anilines is 1. The van der Waals surface area contributed by atoms with Crippen molar-refractivity contribution in [3.63, 3.8) is 0 Å². The summed E-state index contributed by atoms with van der Waals surface area (Å²) in [5.74, 6) is 2.04. The Balaban J connectivity index is 1.24. The van der Waals surface area contributed by atoms with Gasteiger partial charge in [0.05, 0.1) is 17.7 Å². The molecule has 2 aromatic heterocycles. The van der Waals surface area contributed by atoms with Gasteiger partial charge in [0.1, 0.15) is 34.8 Å². The first-order valence-electron chi connectivity index (χ1n) is 16.3. The molecular weight excluding hydrogens is 598 g/mol. The van der Waals surface area contributed by atoms with Gasteiger partial charge in [0.25, 0.3) is 0 Å². The van der Waals surface area contributed by atoms with E-state index >= 15 is 4.39 Å². The van der Waals surface area contributed by atoms with E-state index in [9.17, 15) is 4.39 Å². The van der Waals surface area contributed by atoms with Gasteiger partial charge in [-0.05, 0) is 37.1 Å². The first-order valence-corrected chi connectivity index (χ1v) is 16.3. The quantitative estimate of drug-likeness (QED) is 0.233. The van der Waals surface area contributed by atoms with Crippen molar-refractivity contribution in [1.29, 1.82) is 0 Å². The van der Waals surface area contributed by atoms with Gasteiger partial charge in [-0.2, -0.15) is 9.97 Å². The predicted molar refractivity (Wildman–Crippen MR) is 177 cm³/mol. The number of hydrogen-bond donors (Lipinski definition) is 1. The molecule has 2 bridgehead atoms. The molecule has 5 aliphatic heterocycles.